The van der Waals surface area contributed by atoms with E-state index in [1.165, 1.54) is 12.8 Å². The predicted octanol–water partition coefficient (Wildman–Crippen LogP) is -0.117. The van der Waals surface area contributed by atoms with Crippen LogP contribution in [-0.2, 0) is 14.9 Å². The SMILES string of the molecule is NCC1CC2=C(C=CCC2OCC2CCCCN2)NS(=O)(=O)N1. The highest BCUT2D eigenvalue weighted by molar-refractivity contribution is 7.87. The zero-order valence-corrected chi connectivity index (χ0v) is 14.1. The van der Waals surface area contributed by atoms with Gasteiger partial charge in [0.05, 0.1) is 18.4 Å². The van der Waals surface area contributed by atoms with Gasteiger partial charge in [-0.1, -0.05) is 12.5 Å². The van der Waals surface area contributed by atoms with E-state index in [4.69, 9.17) is 10.5 Å². The van der Waals surface area contributed by atoms with Crippen molar-refractivity contribution < 1.29 is 13.2 Å². The second-order valence-corrected chi connectivity index (χ2v) is 7.85. The van der Waals surface area contributed by atoms with Crippen LogP contribution in [0.3, 0.4) is 0 Å². The Bertz CT molecular complexity index is 582. The lowest BCUT2D eigenvalue weighted by Gasteiger charge is -2.29. The summed E-state index contributed by atoms with van der Waals surface area (Å²) in [6.07, 6.45) is 8.64. The zero-order valence-electron chi connectivity index (χ0n) is 13.3. The number of hydrogen-bond acceptors (Lipinski definition) is 5. The quantitative estimate of drug-likeness (QED) is 0.570. The normalized spacial score (nSPS) is 33.7. The Balaban J connectivity index is 1.71. The fourth-order valence-electron chi connectivity index (χ4n) is 3.37. The fourth-order valence-corrected chi connectivity index (χ4v) is 4.54. The smallest absolute Gasteiger partial charge is 0.299 e. The van der Waals surface area contributed by atoms with Crippen LogP contribution in [0.2, 0.25) is 0 Å². The molecule has 0 saturated carbocycles. The number of nitrogens with two attached hydrogens (primary N) is 1. The van der Waals surface area contributed by atoms with Gasteiger partial charge >= 0.3 is 0 Å². The summed E-state index contributed by atoms with van der Waals surface area (Å²) in [6.45, 7) is 1.96. The molecule has 7 nitrogen and oxygen atoms in total. The third kappa shape index (κ3) is 4.33. The summed E-state index contributed by atoms with van der Waals surface area (Å²) >= 11 is 0. The molecule has 0 aromatic heterocycles. The van der Waals surface area contributed by atoms with Gasteiger partial charge in [0, 0.05) is 18.6 Å². The van der Waals surface area contributed by atoms with Crippen LogP contribution < -0.4 is 20.5 Å². The monoisotopic (exact) mass is 342 g/mol. The van der Waals surface area contributed by atoms with E-state index >= 15 is 0 Å². The number of piperidine rings is 1. The lowest BCUT2D eigenvalue weighted by molar-refractivity contribution is 0.0527. The van der Waals surface area contributed by atoms with Crippen LogP contribution in [-0.4, -0.2) is 46.3 Å². The molecule has 0 aromatic rings. The first-order valence-electron chi connectivity index (χ1n) is 8.32. The van der Waals surface area contributed by atoms with Gasteiger partial charge in [-0.2, -0.15) is 13.1 Å². The van der Waals surface area contributed by atoms with Crippen molar-refractivity contribution in [2.45, 2.75) is 50.3 Å². The Morgan fingerprint density at radius 2 is 2.17 bits per heavy atom. The molecule has 130 valence electrons. The summed E-state index contributed by atoms with van der Waals surface area (Å²) in [5.74, 6) is 0. The van der Waals surface area contributed by atoms with Crippen molar-refractivity contribution in [3.63, 3.8) is 0 Å². The topological polar surface area (TPSA) is 105 Å². The molecular weight excluding hydrogens is 316 g/mol. The third-order valence-corrected chi connectivity index (χ3v) is 5.73. The van der Waals surface area contributed by atoms with Gasteiger partial charge in [0.2, 0.25) is 0 Å². The van der Waals surface area contributed by atoms with Crippen LogP contribution in [0, 0.1) is 0 Å². The van der Waals surface area contributed by atoms with E-state index in [0.717, 1.165) is 25.0 Å². The van der Waals surface area contributed by atoms with Gasteiger partial charge in [-0.05, 0) is 43.9 Å². The molecule has 0 bridgehead atoms. The molecule has 3 unspecified atom stereocenters. The van der Waals surface area contributed by atoms with E-state index in [-0.39, 0.29) is 18.7 Å². The van der Waals surface area contributed by atoms with Gasteiger partial charge in [-0.25, -0.2) is 0 Å². The van der Waals surface area contributed by atoms with Crippen LogP contribution in [0.25, 0.3) is 0 Å². The standard InChI is InChI=1S/C15H26N4O3S/c16-9-12-8-13-14(19-23(20,21)18-12)5-3-6-15(13)22-10-11-4-1-2-7-17-11/h3,5,11-12,15,17-19H,1-2,4,6-10,16H2. The largest absolute Gasteiger partial charge is 0.372 e. The molecule has 1 aliphatic carbocycles. The lowest BCUT2D eigenvalue weighted by Crippen LogP contribution is -2.43. The Labute approximate surface area is 137 Å². The van der Waals surface area contributed by atoms with Gasteiger partial charge in [0.15, 0.2) is 0 Å². The van der Waals surface area contributed by atoms with Crippen LogP contribution in [0.5, 0.6) is 0 Å². The van der Waals surface area contributed by atoms with E-state index in [1.54, 1.807) is 0 Å². The summed E-state index contributed by atoms with van der Waals surface area (Å²) in [4.78, 5) is 0. The molecule has 2 aliphatic heterocycles. The van der Waals surface area contributed by atoms with Crippen LogP contribution in [0.4, 0.5) is 0 Å². The van der Waals surface area contributed by atoms with E-state index < -0.39 is 10.2 Å². The number of nitrogens with one attached hydrogen (secondary N) is 3. The zero-order chi connectivity index (χ0) is 16.3. The molecule has 2 heterocycles. The van der Waals surface area contributed by atoms with Crippen molar-refractivity contribution >= 4 is 10.2 Å². The molecule has 3 atom stereocenters. The maximum Gasteiger partial charge on any atom is 0.299 e. The van der Waals surface area contributed by atoms with Crippen molar-refractivity contribution in [1.29, 1.82) is 0 Å². The lowest BCUT2D eigenvalue weighted by atomic mass is 9.93. The number of allylic oxidation sites excluding steroid dienone is 1. The van der Waals surface area contributed by atoms with Crippen molar-refractivity contribution in [2.24, 2.45) is 5.73 Å². The third-order valence-electron chi connectivity index (χ3n) is 4.60. The van der Waals surface area contributed by atoms with Crippen LogP contribution >= 0.6 is 0 Å². The van der Waals surface area contributed by atoms with Gasteiger partial charge in [0.1, 0.15) is 0 Å². The van der Waals surface area contributed by atoms with Crippen LogP contribution in [0.15, 0.2) is 23.4 Å². The highest BCUT2D eigenvalue weighted by Crippen LogP contribution is 2.27. The van der Waals surface area contributed by atoms with E-state index in [9.17, 15) is 8.42 Å². The predicted molar refractivity (Wildman–Crippen MR) is 88.8 cm³/mol. The summed E-state index contributed by atoms with van der Waals surface area (Å²) in [7, 11) is -3.57. The molecular formula is C15H26N4O3S. The average Bonchev–Trinajstić information content (AvgIpc) is 2.68. The minimum atomic E-state index is -3.57. The number of hydrogen-bond donors (Lipinski definition) is 4. The number of rotatable bonds is 4. The Morgan fingerprint density at radius 3 is 2.91 bits per heavy atom. The molecule has 0 radical (unpaired) electrons. The molecule has 3 rings (SSSR count). The molecule has 23 heavy (non-hydrogen) atoms. The summed E-state index contributed by atoms with van der Waals surface area (Å²) in [5.41, 5.74) is 7.32. The van der Waals surface area contributed by atoms with Crippen molar-refractivity contribution in [1.82, 2.24) is 14.8 Å². The first-order chi connectivity index (χ1) is 11.1. The van der Waals surface area contributed by atoms with Gasteiger partial charge in [0.25, 0.3) is 10.2 Å². The van der Waals surface area contributed by atoms with Crippen molar-refractivity contribution in [2.75, 3.05) is 19.7 Å². The van der Waals surface area contributed by atoms with Crippen molar-refractivity contribution in [3.05, 3.63) is 23.4 Å². The molecule has 8 heteroatoms. The highest BCUT2D eigenvalue weighted by Gasteiger charge is 2.31. The van der Waals surface area contributed by atoms with Gasteiger partial charge < -0.3 is 15.8 Å². The van der Waals surface area contributed by atoms with E-state index in [0.29, 0.717) is 24.8 Å². The summed E-state index contributed by atoms with van der Waals surface area (Å²) in [6, 6.07) is 0.0926. The molecule has 0 aromatic carbocycles. The summed E-state index contributed by atoms with van der Waals surface area (Å²) < 4.78 is 35.3. The molecule has 1 saturated heterocycles. The first kappa shape index (κ1) is 16.9. The fraction of sp³-hybridized carbons (Fsp3) is 0.733. The highest BCUT2D eigenvalue weighted by atomic mass is 32.2. The number of ether oxygens (including phenoxy) is 1. The average molecular weight is 342 g/mol. The van der Waals surface area contributed by atoms with Crippen molar-refractivity contribution in [3.8, 4) is 0 Å². The molecule has 5 N–H and O–H groups in total. The Kier molecular flexibility index (Phi) is 5.38. The molecule has 1 fully saturated rings. The second-order valence-electron chi connectivity index (χ2n) is 6.41. The minimum absolute atomic E-state index is 0.0876. The van der Waals surface area contributed by atoms with Gasteiger partial charge in [-0.15, -0.1) is 0 Å². The molecule has 0 spiro atoms. The van der Waals surface area contributed by atoms with Gasteiger partial charge in [-0.3, -0.25) is 4.72 Å². The maximum absolute atomic E-state index is 12.0. The van der Waals surface area contributed by atoms with E-state index in [1.807, 2.05) is 12.2 Å². The Hall–Kier alpha value is -0.930. The van der Waals surface area contributed by atoms with Crippen LogP contribution in [0.1, 0.15) is 32.1 Å². The van der Waals surface area contributed by atoms with E-state index in [2.05, 4.69) is 14.8 Å². The molecule has 0 amide bonds. The summed E-state index contributed by atoms with van der Waals surface area (Å²) in [5, 5.41) is 3.47. The Morgan fingerprint density at radius 1 is 1.30 bits per heavy atom. The second kappa shape index (κ2) is 7.31. The maximum atomic E-state index is 12.0. The first-order valence-corrected chi connectivity index (χ1v) is 9.80. The minimum Gasteiger partial charge on any atom is -0.372 e. The molecule has 3 aliphatic rings.